The third-order valence-corrected chi connectivity index (χ3v) is 6.69. The average molecular weight is 421 g/mol. The number of quaternary nitrogens is 1. The van der Waals surface area contributed by atoms with E-state index in [1.807, 2.05) is 0 Å². The maximum absolute atomic E-state index is 11.5. The van der Waals surface area contributed by atoms with Crippen LogP contribution in [0.15, 0.2) is 17.1 Å². The Hall–Kier alpha value is -1.16. The Morgan fingerprint density at radius 3 is 2.10 bits per heavy atom. The second-order valence-corrected chi connectivity index (χ2v) is 9.08. The van der Waals surface area contributed by atoms with Gasteiger partial charge in [-0.3, -0.25) is 9.28 Å². The Balaban J connectivity index is 2.09. The fourth-order valence-electron chi connectivity index (χ4n) is 4.73. The number of allylic oxidation sites excluding steroid dienone is 2. The van der Waals surface area contributed by atoms with Crippen molar-refractivity contribution < 1.29 is 9.28 Å². The number of hydrogen-bond acceptors (Lipinski definition) is 2. The number of unbranched alkanes of at least 4 members (excludes halogenated alkanes) is 11. The Kier molecular flexibility index (Phi) is 14.8. The van der Waals surface area contributed by atoms with Gasteiger partial charge < -0.3 is 5.32 Å². The Bertz CT molecular complexity index is 514. The van der Waals surface area contributed by atoms with Crippen molar-refractivity contribution in [1.29, 1.82) is 0 Å². The van der Waals surface area contributed by atoms with Crippen LogP contribution in [0.25, 0.3) is 0 Å². The van der Waals surface area contributed by atoms with E-state index in [0.717, 1.165) is 30.5 Å². The summed E-state index contributed by atoms with van der Waals surface area (Å²) in [6, 6.07) is 0. The smallest absolute Gasteiger partial charge is 0.221 e. The topological polar surface area (TPSA) is 41.5 Å². The van der Waals surface area contributed by atoms with Crippen molar-refractivity contribution in [2.45, 2.75) is 124 Å². The first-order chi connectivity index (χ1) is 14.6. The number of nitrogens with zero attached hydrogens (tertiary/aromatic N) is 2. The molecule has 1 rings (SSSR count). The summed E-state index contributed by atoms with van der Waals surface area (Å²) in [5.41, 5.74) is 0. The summed E-state index contributed by atoms with van der Waals surface area (Å²) < 4.78 is 0.845. The van der Waals surface area contributed by atoms with Crippen LogP contribution in [0, 0.1) is 0 Å². The van der Waals surface area contributed by atoms with Gasteiger partial charge in [-0.2, -0.15) is 0 Å². The van der Waals surface area contributed by atoms with Gasteiger partial charge in [0.05, 0.1) is 13.1 Å². The molecule has 174 valence electrons. The summed E-state index contributed by atoms with van der Waals surface area (Å²) in [4.78, 5) is 16.3. The molecule has 4 nitrogen and oxygen atoms in total. The van der Waals surface area contributed by atoms with Crippen LogP contribution in [0.2, 0.25) is 0 Å². The van der Waals surface area contributed by atoms with Crippen molar-refractivity contribution in [3.05, 3.63) is 12.2 Å². The van der Waals surface area contributed by atoms with E-state index >= 15 is 0 Å². The number of nitrogens with one attached hydrogen (secondary N) is 1. The minimum atomic E-state index is 0.0541. The highest BCUT2D eigenvalue weighted by molar-refractivity contribution is 5.78. The van der Waals surface area contributed by atoms with Crippen LogP contribution < -0.4 is 5.32 Å². The van der Waals surface area contributed by atoms with E-state index < -0.39 is 0 Å². The molecule has 0 spiro atoms. The van der Waals surface area contributed by atoms with Gasteiger partial charge >= 0.3 is 0 Å². The number of amidine groups is 1. The van der Waals surface area contributed by atoms with E-state index in [2.05, 4.69) is 38.2 Å². The molecule has 2 atom stereocenters. The van der Waals surface area contributed by atoms with Crippen LogP contribution in [-0.2, 0) is 4.79 Å². The molecule has 30 heavy (non-hydrogen) atoms. The monoisotopic (exact) mass is 420 g/mol. The maximum atomic E-state index is 11.5. The second kappa shape index (κ2) is 16.5. The van der Waals surface area contributed by atoms with E-state index in [4.69, 9.17) is 4.99 Å². The van der Waals surface area contributed by atoms with Crippen molar-refractivity contribution in [2.75, 3.05) is 19.6 Å². The molecule has 0 aliphatic carbocycles. The first kappa shape index (κ1) is 26.9. The van der Waals surface area contributed by atoms with Gasteiger partial charge in [0.2, 0.25) is 5.91 Å². The van der Waals surface area contributed by atoms with E-state index in [1.165, 1.54) is 89.3 Å². The van der Waals surface area contributed by atoms with Gasteiger partial charge in [-0.1, -0.05) is 70.4 Å². The molecule has 2 unspecified atom stereocenters. The lowest BCUT2D eigenvalue weighted by molar-refractivity contribution is -0.861. The maximum Gasteiger partial charge on any atom is 0.221 e. The predicted molar refractivity (Wildman–Crippen MR) is 131 cm³/mol. The number of amides is 1. The van der Waals surface area contributed by atoms with E-state index in [0.29, 0.717) is 0 Å². The number of carbonyl (C=O) groups is 1. The van der Waals surface area contributed by atoms with Crippen LogP contribution in [-0.4, -0.2) is 42.0 Å². The average Bonchev–Trinajstić information content (AvgIpc) is 3.14. The predicted octanol–water partition coefficient (Wildman–Crippen LogP) is 6.75. The van der Waals surface area contributed by atoms with E-state index in [9.17, 15) is 4.79 Å². The molecular weight excluding hydrogens is 370 g/mol. The van der Waals surface area contributed by atoms with Crippen molar-refractivity contribution >= 4 is 11.7 Å². The standard InChI is InChI=1S/C26H49N3O/c1-5-7-8-9-10-11-12-13-14-15-16-17-18-19-20-21-26-27-22-23-29(26,6-2)24(3)28-25(4)30/h15-16,24H,5-14,17-23H2,1-4H3/p+1/b16-15+. The fourth-order valence-corrected chi connectivity index (χ4v) is 4.73. The van der Waals surface area contributed by atoms with Gasteiger partial charge in [-0.25, -0.2) is 4.99 Å². The van der Waals surface area contributed by atoms with Gasteiger partial charge in [0.25, 0.3) is 0 Å². The minimum Gasteiger partial charge on any atom is -0.307 e. The van der Waals surface area contributed by atoms with Crippen LogP contribution in [0.1, 0.15) is 118 Å². The molecule has 0 saturated heterocycles. The SMILES string of the molecule is CCCCCCCCCC/C=C/CCCCCC1=NCC[N+]1(CC)C(C)NC(C)=O. The molecule has 1 amide bonds. The first-order valence-electron chi connectivity index (χ1n) is 12.9. The Labute approximate surface area is 187 Å². The highest BCUT2D eigenvalue weighted by Crippen LogP contribution is 2.23. The van der Waals surface area contributed by atoms with Crippen LogP contribution in [0.5, 0.6) is 0 Å². The zero-order chi connectivity index (χ0) is 22.1. The molecule has 4 heteroatoms. The van der Waals surface area contributed by atoms with Gasteiger partial charge in [0.15, 0.2) is 12.0 Å². The summed E-state index contributed by atoms with van der Waals surface area (Å²) in [6.45, 7) is 11.2. The van der Waals surface area contributed by atoms with Crippen LogP contribution in [0.4, 0.5) is 0 Å². The van der Waals surface area contributed by atoms with Crippen molar-refractivity contribution in [3.63, 3.8) is 0 Å². The summed E-state index contributed by atoms with van der Waals surface area (Å²) in [5, 5.41) is 3.10. The molecule has 0 aromatic carbocycles. The summed E-state index contributed by atoms with van der Waals surface area (Å²) in [5.74, 6) is 1.35. The molecular formula is C26H50N3O+. The van der Waals surface area contributed by atoms with Crippen molar-refractivity contribution in [3.8, 4) is 0 Å². The highest BCUT2D eigenvalue weighted by atomic mass is 16.1. The van der Waals surface area contributed by atoms with E-state index in [-0.39, 0.29) is 12.1 Å². The zero-order valence-corrected chi connectivity index (χ0v) is 20.6. The number of hydrogen-bond donors (Lipinski definition) is 1. The number of aliphatic imine (C=N–C) groups is 1. The van der Waals surface area contributed by atoms with Crippen molar-refractivity contribution in [2.24, 2.45) is 4.99 Å². The molecule has 1 aliphatic heterocycles. The van der Waals surface area contributed by atoms with Gasteiger partial charge in [0, 0.05) is 20.3 Å². The lowest BCUT2D eigenvalue weighted by Gasteiger charge is -2.39. The molecule has 1 N–H and O–H groups in total. The molecule has 0 fully saturated rings. The summed E-state index contributed by atoms with van der Waals surface area (Å²) >= 11 is 0. The molecule has 0 aromatic heterocycles. The van der Waals surface area contributed by atoms with Crippen LogP contribution in [0.3, 0.4) is 0 Å². The molecule has 0 saturated carbocycles. The molecule has 1 heterocycles. The molecule has 0 bridgehead atoms. The first-order valence-corrected chi connectivity index (χ1v) is 12.9. The van der Waals surface area contributed by atoms with Crippen molar-refractivity contribution in [1.82, 2.24) is 5.32 Å². The minimum absolute atomic E-state index is 0.0541. The van der Waals surface area contributed by atoms with Gasteiger partial charge in [-0.15, -0.1) is 0 Å². The fraction of sp³-hybridized carbons (Fsp3) is 0.846. The largest absolute Gasteiger partial charge is 0.307 e. The number of likely N-dealkylation sites (N-methyl/N-ethyl adjacent to an activating group) is 1. The third-order valence-electron chi connectivity index (χ3n) is 6.69. The quantitative estimate of drug-likeness (QED) is 0.149. The summed E-state index contributed by atoms with van der Waals surface area (Å²) in [6.07, 6.45) is 23.4. The lowest BCUT2D eigenvalue weighted by Crippen LogP contribution is -2.62. The number of carbonyl (C=O) groups excluding carboxylic acids is 1. The van der Waals surface area contributed by atoms with Gasteiger partial charge in [0.1, 0.15) is 6.54 Å². The second-order valence-electron chi connectivity index (χ2n) is 9.08. The Morgan fingerprint density at radius 2 is 1.53 bits per heavy atom. The molecule has 0 aromatic rings. The Morgan fingerprint density at radius 1 is 0.967 bits per heavy atom. The normalized spacial score (nSPS) is 19.9. The molecule has 0 radical (unpaired) electrons. The third kappa shape index (κ3) is 10.2. The van der Waals surface area contributed by atoms with Crippen LogP contribution >= 0.6 is 0 Å². The van der Waals surface area contributed by atoms with Gasteiger partial charge in [-0.05, 0) is 39.0 Å². The number of rotatable bonds is 18. The molecule has 1 aliphatic rings. The summed E-state index contributed by atoms with van der Waals surface area (Å²) in [7, 11) is 0. The van der Waals surface area contributed by atoms with E-state index in [1.54, 1.807) is 6.92 Å². The highest BCUT2D eigenvalue weighted by Gasteiger charge is 2.41. The zero-order valence-electron chi connectivity index (χ0n) is 20.6. The lowest BCUT2D eigenvalue weighted by atomic mass is 10.1.